The maximum absolute atomic E-state index is 11.7. The van der Waals surface area contributed by atoms with Crippen LogP contribution in [-0.4, -0.2) is 55.1 Å². The highest BCUT2D eigenvalue weighted by molar-refractivity contribution is 7.99. The number of aliphatic hydroxyl groups excluding tert-OH is 1. The number of amides is 1. The molecule has 4 nitrogen and oxygen atoms in total. The normalized spacial score (nSPS) is 11.5. The van der Waals surface area contributed by atoms with E-state index in [1.807, 2.05) is 0 Å². The molecule has 0 saturated carbocycles. The Labute approximate surface area is 102 Å². The van der Waals surface area contributed by atoms with E-state index in [4.69, 9.17) is 5.11 Å². The number of hydrogen-bond donors (Lipinski definition) is 2. The highest BCUT2D eigenvalue weighted by Crippen LogP contribution is 2.13. The van der Waals surface area contributed by atoms with Crippen LogP contribution in [-0.2, 0) is 9.53 Å². The molecule has 17 heavy (non-hydrogen) atoms. The Hall–Kier alpha value is -0.470. The van der Waals surface area contributed by atoms with Gasteiger partial charge in [0.25, 0.3) is 0 Å². The molecular formula is C9H16F3NO3S. The van der Waals surface area contributed by atoms with Crippen molar-refractivity contribution in [2.24, 2.45) is 0 Å². The highest BCUT2D eigenvalue weighted by Gasteiger charge is 2.27. The molecule has 2 N–H and O–H groups in total. The second kappa shape index (κ2) is 9.55. The van der Waals surface area contributed by atoms with Gasteiger partial charge in [-0.3, -0.25) is 4.79 Å². The summed E-state index contributed by atoms with van der Waals surface area (Å²) in [5.74, 6) is 0.888. The van der Waals surface area contributed by atoms with Crippen molar-refractivity contribution >= 4 is 17.7 Å². The zero-order valence-electron chi connectivity index (χ0n) is 9.26. The molecule has 0 spiro atoms. The first-order valence-electron chi connectivity index (χ1n) is 5.05. The van der Waals surface area contributed by atoms with E-state index in [1.54, 1.807) is 11.8 Å². The third-order valence-electron chi connectivity index (χ3n) is 1.51. The molecule has 0 aromatic carbocycles. The van der Waals surface area contributed by atoms with Crippen LogP contribution in [0.3, 0.4) is 0 Å². The topological polar surface area (TPSA) is 58.6 Å². The number of hydrogen-bond acceptors (Lipinski definition) is 4. The van der Waals surface area contributed by atoms with Gasteiger partial charge < -0.3 is 15.2 Å². The SMILES string of the molecule is O=C(COCC(F)(F)F)NCCSCCCO. The summed E-state index contributed by atoms with van der Waals surface area (Å²) in [4.78, 5) is 11.0. The number of halogens is 3. The second-order valence-corrected chi connectivity index (χ2v) is 4.37. The van der Waals surface area contributed by atoms with E-state index in [-0.39, 0.29) is 6.61 Å². The molecule has 0 radical (unpaired) electrons. The van der Waals surface area contributed by atoms with Crippen molar-refractivity contribution in [2.45, 2.75) is 12.6 Å². The number of carbonyl (C=O) groups excluding carboxylic acids is 1. The minimum Gasteiger partial charge on any atom is -0.396 e. The van der Waals surface area contributed by atoms with E-state index in [1.165, 1.54) is 0 Å². The number of carbonyl (C=O) groups is 1. The zero-order valence-corrected chi connectivity index (χ0v) is 10.1. The van der Waals surface area contributed by atoms with E-state index in [0.717, 1.165) is 5.75 Å². The highest BCUT2D eigenvalue weighted by atomic mass is 32.2. The van der Waals surface area contributed by atoms with E-state index in [0.29, 0.717) is 18.7 Å². The van der Waals surface area contributed by atoms with Crippen LogP contribution in [0.2, 0.25) is 0 Å². The number of aliphatic hydroxyl groups is 1. The van der Waals surface area contributed by atoms with E-state index in [2.05, 4.69) is 10.1 Å². The Kier molecular flexibility index (Phi) is 9.28. The van der Waals surface area contributed by atoms with Gasteiger partial charge in [0.05, 0.1) is 0 Å². The van der Waals surface area contributed by atoms with Crippen molar-refractivity contribution < 1.29 is 27.8 Å². The molecule has 8 heteroatoms. The van der Waals surface area contributed by atoms with Crippen molar-refractivity contribution in [3.63, 3.8) is 0 Å². The number of nitrogens with one attached hydrogen (secondary N) is 1. The van der Waals surface area contributed by atoms with Gasteiger partial charge in [-0.25, -0.2) is 0 Å². The van der Waals surface area contributed by atoms with Gasteiger partial charge in [0.15, 0.2) is 0 Å². The molecule has 0 unspecified atom stereocenters. The number of thioether (sulfide) groups is 1. The maximum atomic E-state index is 11.7. The fourth-order valence-electron chi connectivity index (χ4n) is 0.842. The summed E-state index contributed by atoms with van der Waals surface area (Å²) >= 11 is 1.55. The Bertz CT molecular complexity index is 214. The fourth-order valence-corrected chi connectivity index (χ4v) is 1.63. The molecule has 0 rings (SSSR count). The minimum absolute atomic E-state index is 0.130. The van der Waals surface area contributed by atoms with Crippen molar-refractivity contribution in [2.75, 3.05) is 37.9 Å². The van der Waals surface area contributed by atoms with Gasteiger partial charge in [0.1, 0.15) is 13.2 Å². The van der Waals surface area contributed by atoms with Gasteiger partial charge in [0.2, 0.25) is 5.91 Å². The summed E-state index contributed by atoms with van der Waals surface area (Å²) in [5, 5.41) is 10.9. The molecule has 0 aromatic rings. The van der Waals surface area contributed by atoms with E-state index >= 15 is 0 Å². The quantitative estimate of drug-likeness (QED) is 0.611. The summed E-state index contributed by atoms with van der Waals surface area (Å²) in [5.41, 5.74) is 0. The smallest absolute Gasteiger partial charge is 0.396 e. The molecule has 0 heterocycles. The molecule has 0 aliphatic rings. The predicted molar refractivity (Wildman–Crippen MR) is 58.9 cm³/mol. The molecule has 0 saturated heterocycles. The lowest BCUT2D eigenvalue weighted by Gasteiger charge is -2.08. The molecule has 0 aliphatic carbocycles. The zero-order chi connectivity index (χ0) is 13.1. The summed E-state index contributed by atoms with van der Waals surface area (Å²) in [6, 6.07) is 0. The van der Waals surface area contributed by atoms with Crippen LogP contribution in [0.1, 0.15) is 6.42 Å². The predicted octanol–water partition coefficient (Wildman–Crippen LogP) is 0.797. The maximum Gasteiger partial charge on any atom is 0.411 e. The lowest BCUT2D eigenvalue weighted by Crippen LogP contribution is -2.31. The third-order valence-corrected chi connectivity index (χ3v) is 2.58. The molecular weight excluding hydrogens is 259 g/mol. The molecule has 0 bridgehead atoms. The molecule has 102 valence electrons. The largest absolute Gasteiger partial charge is 0.411 e. The number of rotatable bonds is 9. The van der Waals surface area contributed by atoms with Gasteiger partial charge in [-0.2, -0.15) is 24.9 Å². The lowest BCUT2D eigenvalue weighted by molar-refractivity contribution is -0.175. The third kappa shape index (κ3) is 13.5. The molecule has 0 aliphatic heterocycles. The Morgan fingerprint density at radius 2 is 2.06 bits per heavy atom. The van der Waals surface area contributed by atoms with Gasteiger partial charge in [-0.1, -0.05) is 0 Å². The Morgan fingerprint density at radius 1 is 1.35 bits per heavy atom. The number of alkyl halides is 3. The van der Waals surface area contributed by atoms with E-state index in [9.17, 15) is 18.0 Å². The van der Waals surface area contributed by atoms with Crippen LogP contribution in [0.5, 0.6) is 0 Å². The van der Waals surface area contributed by atoms with Crippen LogP contribution in [0.4, 0.5) is 13.2 Å². The summed E-state index contributed by atoms with van der Waals surface area (Å²) in [7, 11) is 0. The van der Waals surface area contributed by atoms with Crippen LogP contribution in [0.25, 0.3) is 0 Å². The average molecular weight is 275 g/mol. The molecule has 1 amide bonds. The summed E-state index contributed by atoms with van der Waals surface area (Å²) in [6.45, 7) is -1.48. The summed E-state index contributed by atoms with van der Waals surface area (Å²) in [6.07, 6.45) is -3.71. The van der Waals surface area contributed by atoms with Crippen LogP contribution >= 0.6 is 11.8 Å². The van der Waals surface area contributed by atoms with Crippen LogP contribution < -0.4 is 5.32 Å². The number of ether oxygens (including phenoxy) is 1. The van der Waals surface area contributed by atoms with Crippen molar-refractivity contribution in [3.8, 4) is 0 Å². The monoisotopic (exact) mass is 275 g/mol. The standard InChI is InChI=1S/C9H16F3NO3S/c10-9(11,12)7-16-6-8(15)13-2-5-17-4-1-3-14/h14H,1-7H2,(H,13,15). The Morgan fingerprint density at radius 3 is 2.65 bits per heavy atom. The first-order chi connectivity index (χ1) is 7.95. The molecule has 0 atom stereocenters. The van der Waals surface area contributed by atoms with Crippen molar-refractivity contribution in [1.29, 1.82) is 0 Å². The van der Waals surface area contributed by atoms with Gasteiger partial charge in [-0.15, -0.1) is 0 Å². The van der Waals surface area contributed by atoms with Crippen LogP contribution in [0, 0.1) is 0 Å². The first kappa shape index (κ1) is 16.5. The molecule has 0 fully saturated rings. The minimum atomic E-state index is -4.40. The van der Waals surface area contributed by atoms with Gasteiger partial charge in [0, 0.05) is 18.9 Å². The lowest BCUT2D eigenvalue weighted by atomic mass is 10.5. The van der Waals surface area contributed by atoms with Crippen molar-refractivity contribution in [3.05, 3.63) is 0 Å². The fraction of sp³-hybridized carbons (Fsp3) is 0.889. The second-order valence-electron chi connectivity index (χ2n) is 3.15. The van der Waals surface area contributed by atoms with Gasteiger partial charge >= 0.3 is 6.18 Å². The average Bonchev–Trinajstić information content (AvgIpc) is 2.21. The molecule has 0 aromatic heterocycles. The summed E-state index contributed by atoms with van der Waals surface area (Å²) < 4.78 is 39.1. The van der Waals surface area contributed by atoms with Crippen molar-refractivity contribution in [1.82, 2.24) is 5.32 Å². The van der Waals surface area contributed by atoms with E-state index < -0.39 is 25.3 Å². The van der Waals surface area contributed by atoms with Crippen LogP contribution in [0.15, 0.2) is 0 Å². The first-order valence-corrected chi connectivity index (χ1v) is 6.21. The van der Waals surface area contributed by atoms with Gasteiger partial charge in [-0.05, 0) is 12.2 Å². The Balaban J connectivity index is 3.29.